The van der Waals surface area contributed by atoms with Gasteiger partial charge in [0.2, 0.25) is 5.88 Å². The van der Waals surface area contributed by atoms with Crippen molar-refractivity contribution in [1.29, 1.82) is 0 Å². The number of aromatic nitrogens is 2. The van der Waals surface area contributed by atoms with Crippen molar-refractivity contribution in [3.8, 4) is 23.1 Å². The van der Waals surface area contributed by atoms with Crippen molar-refractivity contribution in [3.05, 3.63) is 60.4 Å². The van der Waals surface area contributed by atoms with E-state index in [4.69, 9.17) is 13.9 Å². The van der Waals surface area contributed by atoms with E-state index in [-0.39, 0.29) is 12.5 Å². The van der Waals surface area contributed by atoms with Crippen LogP contribution in [0.1, 0.15) is 10.4 Å². The topological polar surface area (TPSA) is 86.5 Å². The highest BCUT2D eigenvalue weighted by atomic mass is 16.5. The van der Waals surface area contributed by atoms with Crippen molar-refractivity contribution in [3.63, 3.8) is 0 Å². The van der Waals surface area contributed by atoms with Crippen LogP contribution in [0.4, 0.5) is 0 Å². The molecule has 0 saturated heterocycles. The maximum atomic E-state index is 12.0. The van der Waals surface area contributed by atoms with E-state index in [1.807, 2.05) is 0 Å². The van der Waals surface area contributed by atoms with Gasteiger partial charge in [-0.2, -0.15) is 0 Å². The molecule has 2 aromatic heterocycles. The molecule has 0 saturated carbocycles. The molecule has 0 aliphatic heterocycles. The Bertz CT molecular complexity index is 799. The van der Waals surface area contributed by atoms with Gasteiger partial charge in [-0.3, -0.25) is 4.79 Å². The van der Waals surface area contributed by atoms with E-state index in [0.29, 0.717) is 35.2 Å². The summed E-state index contributed by atoms with van der Waals surface area (Å²) in [6.45, 7) is 0.642. The minimum absolute atomic E-state index is 0.175. The number of furan rings is 1. The van der Waals surface area contributed by atoms with Gasteiger partial charge in [0.05, 0.1) is 19.9 Å². The smallest absolute Gasteiger partial charge is 0.251 e. The minimum Gasteiger partial charge on any atom is -0.497 e. The van der Waals surface area contributed by atoms with Crippen molar-refractivity contribution in [2.75, 3.05) is 20.3 Å². The first-order valence-corrected chi connectivity index (χ1v) is 7.69. The molecule has 7 heteroatoms. The van der Waals surface area contributed by atoms with Gasteiger partial charge in [0.15, 0.2) is 5.76 Å². The van der Waals surface area contributed by atoms with Gasteiger partial charge < -0.3 is 19.2 Å². The molecule has 0 radical (unpaired) electrons. The van der Waals surface area contributed by atoms with E-state index in [1.54, 1.807) is 61.9 Å². The third kappa shape index (κ3) is 4.35. The number of methoxy groups -OCH3 is 1. The lowest BCUT2D eigenvalue weighted by Crippen LogP contribution is -2.28. The molecule has 0 spiro atoms. The summed E-state index contributed by atoms with van der Waals surface area (Å²) in [5.41, 5.74) is 1.19. The second-order valence-corrected chi connectivity index (χ2v) is 5.07. The van der Waals surface area contributed by atoms with Gasteiger partial charge >= 0.3 is 0 Å². The lowest BCUT2D eigenvalue weighted by atomic mass is 10.2. The monoisotopic (exact) mass is 339 g/mol. The molecule has 25 heavy (non-hydrogen) atoms. The summed E-state index contributed by atoms with van der Waals surface area (Å²) in [6.07, 6.45) is 1.58. The highest BCUT2D eigenvalue weighted by Crippen LogP contribution is 2.17. The lowest BCUT2D eigenvalue weighted by Gasteiger charge is -2.07. The number of nitrogens with zero attached hydrogens (tertiary/aromatic N) is 2. The van der Waals surface area contributed by atoms with Crippen LogP contribution in [-0.4, -0.2) is 36.4 Å². The van der Waals surface area contributed by atoms with Crippen LogP contribution >= 0.6 is 0 Å². The Kier molecular flexibility index (Phi) is 5.26. The first kappa shape index (κ1) is 16.5. The number of amides is 1. The molecular weight excluding hydrogens is 322 g/mol. The second kappa shape index (κ2) is 7.96. The largest absolute Gasteiger partial charge is 0.497 e. The van der Waals surface area contributed by atoms with E-state index in [1.165, 1.54) is 0 Å². The number of rotatable bonds is 7. The minimum atomic E-state index is -0.175. The molecule has 0 atom stereocenters. The van der Waals surface area contributed by atoms with Crippen LogP contribution in [-0.2, 0) is 0 Å². The zero-order chi connectivity index (χ0) is 17.5. The Morgan fingerprint density at radius 1 is 1.12 bits per heavy atom. The number of hydrogen-bond donors (Lipinski definition) is 1. The summed E-state index contributed by atoms with van der Waals surface area (Å²) in [5.74, 6) is 1.56. The molecule has 2 heterocycles. The van der Waals surface area contributed by atoms with Crippen LogP contribution in [0.15, 0.2) is 59.2 Å². The van der Waals surface area contributed by atoms with Crippen LogP contribution in [0.2, 0.25) is 0 Å². The average molecular weight is 339 g/mol. The van der Waals surface area contributed by atoms with Gasteiger partial charge in [0.1, 0.15) is 18.1 Å². The number of ether oxygens (including phenoxy) is 2. The molecule has 3 rings (SSSR count). The first-order valence-electron chi connectivity index (χ1n) is 7.69. The summed E-state index contributed by atoms with van der Waals surface area (Å²) in [6, 6.07) is 13.9. The van der Waals surface area contributed by atoms with Gasteiger partial charge in [0.25, 0.3) is 5.91 Å². The molecule has 0 unspecified atom stereocenters. The molecule has 3 aromatic rings. The third-order valence-corrected chi connectivity index (χ3v) is 3.40. The fourth-order valence-electron chi connectivity index (χ4n) is 2.12. The molecule has 0 bridgehead atoms. The normalized spacial score (nSPS) is 10.3. The summed E-state index contributed by atoms with van der Waals surface area (Å²) in [7, 11) is 1.58. The molecule has 0 fully saturated rings. The van der Waals surface area contributed by atoms with E-state index in [2.05, 4.69) is 15.5 Å². The molecular formula is C18H17N3O4. The molecule has 1 N–H and O–H groups in total. The van der Waals surface area contributed by atoms with Gasteiger partial charge in [0, 0.05) is 11.6 Å². The standard InChI is InChI=1S/C18H17N3O4/c1-23-14-6-4-13(5-7-14)18(22)19-10-12-25-17-9-8-15(20-21-17)16-3-2-11-24-16/h2-9,11H,10,12H2,1H3,(H,19,22). The predicted octanol–water partition coefficient (Wildman–Crippen LogP) is 2.55. The average Bonchev–Trinajstić information content (AvgIpc) is 3.20. The number of carbonyl (C=O) groups is 1. The summed E-state index contributed by atoms with van der Waals surface area (Å²) < 4.78 is 15.8. The highest BCUT2D eigenvalue weighted by Gasteiger charge is 2.06. The fourth-order valence-corrected chi connectivity index (χ4v) is 2.12. The van der Waals surface area contributed by atoms with Crippen LogP contribution in [0, 0.1) is 0 Å². The zero-order valence-electron chi connectivity index (χ0n) is 13.6. The Labute approximate surface area is 144 Å². The maximum Gasteiger partial charge on any atom is 0.251 e. The number of benzene rings is 1. The van der Waals surface area contributed by atoms with Gasteiger partial charge in [-0.05, 0) is 42.5 Å². The van der Waals surface area contributed by atoms with Crippen LogP contribution in [0.5, 0.6) is 11.6 Å². The Morgan fingerprint density at radius 3 is 2.60 bits per heavy atom. The van der Waals surface area contributed by atoms with Crippen LogP contribution in [0.3, 0.4) is 0 Å². The SMILES string of the molecule is COc1ccc(C(=O)NCCOc2ccc(-c3ccco3)nn2)cc1. The second-order valence-electron chi connectivity index (χ2n) is 5.07. The Morgan fingerprint density at radius 2 is 1.96 bits per heavy atom. The Balaban J connectivity index is 1.44. The fraction of sp³-hybridized carbons (Fsp3) is 0.167. The molecule has 1 aromatic carbocycles. The van der Waals surface area contributed by atoms with E-state index in [0.717, 1.165) is 0 Å². The lowest BCUT2D eigenvalue weighted by molar-refractivity contribution is 0.0946. The molecule has 128 valence electrons. The van der Waals surface area contributed by atoms with Gasteiger partial charge in [-0.15, -0.1) is 10.2 Å². The first-order chi connectivity index (χ1) is 12.3. The maximum absolute atomic E-state index is 12.0. The predicted molar refractivity (Wildman–Crippen MR) is 90.6 cm³/mol. The van der Waals surface area contributed by atoms with E-state index in [9.17, 15) is 4.79 Å². The van der Waals surface area contributed by atoms with Crippen molar-refractivity contribution >= 4 is 5.91 Å². The van der Waals surface area contributed by atoms with Gasteiger partial charge in [-0.25, -0.2) is 0 Å². The quantitative estimate of drug-likeness (QED) is 0.666. The van der Waals surface area contributed by atoms with Crippen LogP contribution < -0.4 is 14.8 Å². The Hall–Kier alpha value is -3.35. The van der Waals surface area contributed by atoms with Gasteiger partial charge in [-0.1, -0.05) is 0 Å². The van der Waals surface area contributed by atoms with E-state index >= 15 is 0 Å². The van der Waals surface area contributed by atoms with Crippen molar-refractivity contribution in [1.82, 2.24) is 15.5 Å². The van der Waals surface area contributed by atoms with Crippen molar-refractivity contribution in [2.45, 2.75) is 0 Å². The summed E-state index contributed by atoms with van der Waals surface area (Å²) >= 11 is 0. The summed E-state index contributed by atoms with van der Waals surface area (Å²) in [5, 5.41) is 10.8. The highest BCUT2D eigenvalue weighted by molar-refractivity contribution is 5.94. The van der Waals surface area contributed by atoms with E-state index < -0.39 is 0 Å². The molecule has 0 aliphatic rings. The third-order valence-electron chi connectivity index (χ3n) is 3.40. The number of carbonyl (C=O) groups excluding carboxylic acids is 1. The summed E-state index contributed by atoms with van der Waals surface area (Å²) in [4.78, 5) is 12.0. The zero-order valence-corrected chi connectivity index (χ0v) is 13.6. The van der Waals surface area contributed by atoms with Crippen molar-refractivity contribution in [2.24, 2.45) is 0 Å². The molecule has 7 nitrogen and oxygen atoms in total. The number of nitrogens with one attached hydrogen (secondary N) is 1. The number of hydrogen-bond acceptors (Lipinski definition) is 6. The molecule has 0 aliphatic carbocycles. The molecule has 1 amide bonds. The van der Waals surface area contributed by atoms with Crippen molar-refractivity contribution < 1.29 is 18.7 Å². The van der Waals surface area contributed by atoms with Crippen LogP contribution in [0.25, 0.3) is 11.5 Å².